The van der Waals surface area contributed by atoms with E-state index in [2.05, 4.69) is 17.6 Å². The summed E-state index contributed by atoms with van der Waals surface area (Å²) in [5, 5.41) is 14.3. The second-order valence-electron chi connectivity index (χ2n) is 5.11. The summed E-state index contributed by atoms with van der Waals surface area (Å²) in [6.45, 7) is 6.57. The molecule has 124 valence electrons. The van der Waals surface area contributed by atoms with Crippen LogP contribution < -0.4 is 10.6 Å². The summed E-state index contributed by atoms with van der Waals surface area (Å²) < 4.78 is 5.18. The van der Waals surface area contributed by atoms with Gasteiger partial charge in [0.25, 0.3) is 0 Å². The van der Waals surface area contributed by atoms with Crippen molar-refractivity contribution in [3.8, 4) is 0 Å². The molecule has 0 saturated heterocycles. The van der Waals surface area contributed by atoms with Crippen LogP contribution in [-0.2, 0) is 9.53 Å². The van der Waals surface area contributed by atoms with Gasteiger partial charge in [0.05, 0.1) is 0 Å². The largest absolute Gasteiger partial charge is 0.481 e. The highest BCUT2D eigenvalue weighted by Gasteiger charge is 2.10. The Morgan fingerprint density at radius 2 is 1.81 bits per heavy atom. The SMILES string of the molecule is CCCC(CCNC(=O)NCCCOCC)CCC(=O)O. The average Bonchev–Trinajstić information content (AvgIpc) is 2.44. The maximum absolute atomic E-state index is 11.5. The first kappa shape index (κ1) is 19.7. The topological polar surface area (TPSA) is 87.7 Å². The third-order valence-electron chi connectivity index (χ3n) is 3.26. The predicted molar refractivity (Wildman–Crippen MR) is 82.4 cm³/mol. The lowest BCUT2D eigenvalue weighted by Crippen LogP contribution is -2.37. The number of amides is 2. The van der Waals surface area contributed by atoms with Gasteiger partial charge in [-0.25, -0.2) is 4.79 Å². The third-order valence-corrected chi connectivity index (χ3v) is 3.26. The first-order valence-electron chi connectivity index (χ1n) is 7.91. The smallest absolute Gasteiger partial charge is 0.314 e. The highest BCUT2D eigenvalue weighted by Crippen LogP contribution is 2.16. The summed E-state index contributed by atoms with van der Waals surface area (Å²) >= 11 is 0. The van der Waals surface area contributed by atoms with Crippen molar-refractivity contribution in [1.29, 1.82) is 0 Å². The van der Waals surface area contributed by atoms with Crippen LogP contribution in [0.1, 0.15) is 52.4 Å². The van der Waals surface area contributed by atoms with Gasteiger partial charge in [-0.1, -0.05) is 19.8 Å². The molecule has 3 N–H and O–H groups in total. The minimum absolute atomic E-state index is 0.167. The fraction of sp³-hybridized carbons (Fsp3) is 0.867. The molecule has 0 saturated carbocycles. The van der Waals surface area contributed by atoms with Crippen molar-refractivity contribution in [3.63, 3.8) is 0 Å². The zero-order chi connectivity index (χ0) is 15.9. The lowest BCUT2D eigenvalue weighted by molar-refractivity contribution is -0.137. The Bertz CT molecular complexity index is 285. The van der Waals surface area contributed by atoms with Gasteiger partial charge in [0.15, 0.2) is 0 Å². The molecule has 6 heteroatoms. The van der Waals surface area contributed by atoms with Crippen LogP contribution in [0.5, 0.6) is 0 Å². The Balaban J connectivity index is 3.66. The van der Waals surface area contributed by atoms with Crippen molar-refractivity contribution >= 4 is 12.0 Å². The number of carboxylic acid groups (broad SMARTS) is 1. The molecule has 0 aliphatic carbocycles. The molecule has 1 unspecified atom stereocenters. The van der Waals surface area contributed by atoms with Crippen LogP contribution in [0.4, 0.5) is 4.79 Å². The highest BCUT2D eigenvalue weighted by atomic mass is 16.5. The Morgan fingerprint density at radius 1 is 1.10 bits per heavy atom. The van der Waals surface area contributed by atoms with E-state index >= 15 is 0 Å². The molecule has 2 amide bonds. The van der Waals surface area contributed by atoms with Crippen LogP contribution in [0.3, 0.4) is 0 Å². The zero-order valence-electron chi connectivity index (χ0n) is 13.3. The Morgan fingerprint density at radius 3 is 2.43 bits per heavy atom. The van der Waals surface area contributed by atoms with Crippen LogP contribution in [0.15, 0.2) is 0 Å². The molecule has 0 spiro atoms. The van der Waals surface area contributed by atoms with Crippen LogP contribution >= 0.6 is 0 Å². The maximum Gasteiger partial charge on any atom is 0.314 e. The van der Waals surface area contributed by atoms with E-state index < -0.39 is 5.97 Å². The zero-order valence-corrected chi connectivity index (χ0v) is 13.3. The van der Waals surface area contributed by atoms with Crippen molar-refractivity contribution in [3.05, 3.63) is 0 Å². The average molecular weight is 302 g/mol. The fourth-order valence-corrected chi connectivity index (χ4v) is 2.14. The van der Waals surface area contributed by atoms with Gasteiger partial charge in [-0.05, 0) is 32.1 Å². The standard InChI is InChI=1S/C15H30N2O4/c1-3-6-13(7-8-14(18)19)9-11-17-15(20)16-10-5-12-21-4-2/h13H,3-12H2,1-2H3,(H,18,19)(H2,16,17,20). The van der Waals surface area contributed by atoms with Gasteiger partial charge >= 0.3 is 12.0 Å². The lowest BCUT2D eigenvalue weighted by atomic mass is 9.94. The van der Waals surface area contributed by atoms with Crippen molar-refractivity contribution in [2.24, 2.45) is 5.92 Å². The summed E-state index contributed by atoms with van der Waals surface area (Å²) in [6.07, 6.45) is 4.56. The van der Waals surface area contributed by atoms with Crippen molar-refractivity contribution < 1.29 is 19.4 Å². The van der Waals surface area contributed by atoms with E-state index in [-0.39, 0.29) is 12.5 Å². The normalized spacial score (nSPS) is 11.9. The number of nitrogens with one attached hydrogen (secondary N) is 2. The number of rotatable bonds is 13. The molecule has 0 aromatic carbocycles. The molecule has 0 rings (SSSR count). The molecular weight excluding hydrogens is 272 g/mol. The number of urea groups is 1. The first-order chi connectivity index (χ1) is 10.1. The van der Waals surface area contributed by atoms with Gasteiger partial charge in [-0.15, -0.1) is 0 Å². The van der Waals surface area contributed by atoms with E-state index in [1.807, 2.05) is 6.92 Å². The van der Waals surface area contributed by atoms with E-state index in [9.17, 15) is 9.59 Å². The van der Waals surface area contributed by atoms with E-state index in [0.29, 0.717) is 38.6 Å². The molecule has 6 nitrogen and oxygen atoms in total. The molecule has 0 aliphatic heterocycles. The van der Waals surface area contributed by atoms with E-state index in [4.69, 9.17) is 9.84 Å². The number of carboxylic acids is 1. The number of hydrogen-bond acceptors (Lipinski definition) is 3. The molecule has 0 fully saturated rings. The number of ether oxygens (including phenoxy) is 1. The summed E-state index contributed by atoms with van der Waals surface area (Å²) in [7, 11) is 0. The summed E-state index contributed by atoms with van der Waals surface area (Å²) in [4.78, 5) is 22.1. The summed E-state index contributed by atoms with van der Waals surface area (Å²) in [6, 6.07) is -0.167. The minimum Gasteiger partial charge on any atom is -0.481 e. The van der Waals surface area contributed by atoms with Gasteiger partial charge in [0.2, 0.25) is 0 Å². The number of carbonyl (C=O) groups excluding carboxylic acids is 1. The molecule has 0 aliphatic rings. The lowest BCUT2D eigenvalue weighted by Gasteiger charge is -2.15. The van der Waals surface area contributed by atoms with Gasteiger partial charge < -0.3 is 20.5 Å². The molecule has 0 heterocycles. The van der Waals surface area contributed by atoms with Gasteiger partial charge in [0.1, 0.15) is 0 Å². The quantitative estimate of drug-likeness (QED) is 0.456. The van der Waals surface area contributed by atoms with Gasteiger partial charge in [0, 0.05) is 32.7 Å². The van der Waals surface area contributed by atoms with E-state index in [0.717, 1.165) is 25.7 Å². The van der Waals surface area contributed by atoms with E-state index in [1.165, 1.54) is 0 Å². The maximum atomic E-state index is 11.5. The molecule has 0 aromatic rings. The number of carbonyl (C=O) groups is 2. The van der Waals surface area contributed by atoms with Crippen LogP contribution in [-0.4, -0.2) is 43.4 Å². The van der Waals surface area contributed by atoms with Crippen molar-refractivity contribution in [1.82, 2.24) is 10.6 Å². The van der Waals surface area contributed by atoms with Crippen molar-refractivity contribution in [2.75, 3.05) is 26.3 Å². The molecule has 0 radical (unpaired) electrons. The second kappa shape index (κ2) is 13.7. The predicted octanol–water partition coefficient (Wildman–Crippen LogP) is 2.38. The molecule has 0 aromatic heterocycles. The molecular formula is C15H30N2O4. The monoisotopic (exact) mass is 302 g/mol. The van der Waals surface area contributed by atoms with Crippen LogP contribution in [0, 0.1) is 5.92 Å². The molecule has 21 heavy (non-hydrogen) atoms. The van der Waals surface area contributed by atoms with Gasteiger partial charge in [-0.3, -0.25) is 4.79 Å². The highest BCUT2D eigenvalue weighted by molar-refractivity contribution is 5.73. The number of hydrogen-bond donors (Lipinski definition) is 3. The summed E-state index contributed by atoms with van der Waals surface area (Å²) in [5.74, 6) is -0.388. The second-order valence-corrected chi connectivity index (χ2v) is 5.11. The summed E-state index contributed by atoms with van der Waals surface area (Å²) in [5.41, 5.74) is 0. The Labute approximate surface area is 127 Å². The third kappa shape index (κ3) is 13.4. The first-order valence-corrected chi connectivity index (χ1v) is 7.91. The van der Waals surface area contributed by atoms with Crippen LogP contribution in [0.25, 0.3) is 0 Å². The molecule has 1 atom stereocenters. The van der Waals surface area contributed by atoms with Crippen molar-refractivity contribution in [2.45, 2.75) is 52.4 Å². The Kier molecular flexibility index (Phi) is 12.8. The fourth-order valence-electron chi connectivity index (χ4n) is 2.14. The van der Waals surface area contributed by atoms with Gasteiger partial charge in [-0.2, -0.15) is 0 Å². The molecule has 0 bridgehead atoms. The Hall–Kier alpha value is -1.30. The van der Waals surface area contributed by atoms with Crippen LogP contribution in [0.2, 0.25) is 0 Å². The van der Waals surface area contributed by atoms with E-state index in [1.54, 1.807) is 0 Å². The number of aliphatic carboxylic acids is 1. The minimum atomic E-state index is -0.754.